The predicted octanol–water partition coefficient (Wildman–Crippen LogP) is 3.54. The minimum Gasteiger partial charge on any atom is -0.264 e. The van der Waals surface area contributed by atoms with E-state index in [1.54, 1.807) is 0 Å². The van der Waals surface area contributed by atoms with Gasteiger partial charge in [0.2, 0.25) is 0 Å². The third-order valence-electron chi connectivity index (χ3n) is 2.76. The lowest BCUT2D eigenvalue weighted by molar-refractivity contribution is 0.910. The fourth-order valence-corrected chi connectivity index (χ4v) is 1.68. The molecule has 0 saturated heterocycles. The van der Waals surface area contributed by atoms with Gasteiger partial charge in [-0.25, -0.2) is 0 Å². The van der Waals surface area contributed by atoms with Crippen LogP contribution in [0, 0.1) is 6.92 Å². The highest BCUT2D eigenvalue weighted by molar-refractivity contribution is 5.31. The van der Waals surface area contributed by atoms with E-state index in [2.05, 4.69) is 49.2 Å². The second-order valence-electron chi connectivity index (χ2n) is 3.92. The van der Waals surface area contributed by atoms with Gasteiger partial charge in [-0.2, -0.15) is 0 Å². The SMILES string of the molecule is Cc1ccc(C(C)c2cccnc2)cc1. The van der Waals surface area contributed by atoms with Crippen LogP contribution in [-0.4, -0.2) is 4.98 Å². The highest BCUT2D eigenvalue weighted by atomic mass is 14.6. The summed E-state index contributed by atoms with van der Waals surface area (Å²) in [6, 6.07) is 12.8. The van der Waals surface area contributed by atoms with Crippen LogP contribution in [0.4, 0.5) is 0 Å². The molecule has 0 spiro atoms. The van der Waals surface area contributed by atoms with Crippen LogP contribution in [0.25, 0.3) is 0 Å². The van der Waals surface area contributed by atoms with Crippen LogP contribution in [0.1, 0.15) is 29.5 Å². The molecular formula is C14H15N. The summed E-state index contributed by atoms with van der Waals surface area (Å²) in [7, 11) is 0. The molecule has 1 heterocycles. The van der Waals surface area contributed by atoms with Gasteiger partial charge in [-0.3, -0.25) is 4.98 Å². The molecule has 1 unspecified atom stereocenters. The Morgan fingerprint density at radius 2 is 1.73 bits per heavy atom. The number of hydrogen-bond acceptors (Lipinski definition) is 1. The Bertz CT molecular complexity index is 417. The van der Waals surface area contributed by atoms with Crippen molar-refractivity contribution in [3.8, 4) is 0 Å². The number of hydrogen-bond donors (Lipinski definition) is 0. The fourth-order valence-electron chi connectivity index (χ4n) is 1.68. The molecule has 0 aliphatic rings. The molecule has 0 aliphatic carbocycles. The number of nitrogens with zero attached hydrogens (tertiary/aromatic N) is 1. The summed E-state index contributed by atoms with van der Waals surface area (Å²) < 4.78 is 0. The third-order valence-corrected chi connectivity index (χ3v) is 2.76. The highest BCUT2D eigenvalue weighted by Gasteiger charge is 2.07. The predicted molar refractivity (Wildman–Crippen MR) is 62.9 cm³/mol. The van der Waals surface area contributed by atoms with Crippen LogP contribution in [-0.2, 0) is 0 Å². The van der Waals surface area contributed by atoms with Gasteiger partial charge < -0.3 is 0 Å². The van der Waals surface area contributed by atoms with Crippen molar-refractivity contribution in [1.82, 2.24) is 4.98 Å². The maximum atomic E-state index is 4.15. The van der Waals surface area contributed by atoms with E-state index in [1.165, 1.54) is 16.7 Å². The summed E-state index contributed by atoms with van der Waals surface area (Å²) in [5.74, 6) is 0.416. The Morgan fingerprint density at radius 1 is 1.00 bits per heavy atom. The molecular weight excluding hydrogens is 182 g/mol. The summed E-state index contributed by atoms with van der Waals surface area (Å²) in [6.45, 7) is 4.32. The van der Waals surface area contributed by atoms with Gasteiger partial charge in [-0.1, -0.05) is 42.8 Å². The number of pyridine rings is 1. The molecule has 1 nitrogen and oxygen atoms in total. The van der Waals surface area contributed by atoms with Gasteiger partial charge in [0.1, 0.15) is 0 Å². The third kappa shape index (κ3) is 2.24. The lowest BCUT2D eigenvalue weighted by Crippen LogP contribution is -1.96. The maximum absolute atomic E-state index is 4.15. The first-order chi connectivity index (χ1) is 7.27. The van der Waals surface area contributed by atoms with Crippen LogP contribution >= 0.6 is 0 Å². The van der Waals surface area contributed by atoms with E-state index in [1.807, 2.05) is 18.5 Å². The average Bonchev–Trinajstić information content (AvgIpc) is 2.30. The van der Waals surface area contributed by atoms with Crippen molar-refractivity contribution in [2.24, 2.45) is 0 Å². The Hall–Kier alpha value is -1.63. The first-order valence-electron chi connectivity index (χ1n) is 5.24. The van der Waals surface area contributed by atoms with Gasteiger partial charge >= 0.3 is 0 Å². The quantitative estimate of drug-likeness (QED) is 0.717. The summed E-state index contributed by atoms with van der Waals surface area (Å²) in [6.07, 6.45) is 3.75. The van der Waals surface area contributed by atoms with Crippen LogP contribution < -0.4 is 0 Å². The number of benzene rings is 1. The molecule has 0 radical (unpaired) electrons. The number of rotatable bonds is 2. The molecule has 0 fully saturated rings. The van der Waals surface area contributed by atoms with Gasteiger partial charge in [0, 0.05) is 18.3 Å². The zero-order valence-electron chi connectivity index (χ0n) is 9.14. The van der Waals surface area contributed by atoms with E-state index in [9.17, 15) is 0 Å². The van der Waals surface area contributed by atoms with E-state index in [0.29, 0.717) is 5.92 Å². The van der Waals surface area contributed by atoms with Crippen molar-refractivity contribution in [2.45, 2.75) is 19.8 Å². The lowest BCUT2D eigenvalue weighted by atomic mass is 9.94. The Kier molecular flexibility index (Phi) is 2.82. The Labute approximate surface area is 90.8 Å². The number of aromatic nitrogens is 1. The fraction of sp³-hybridized carbons (Fsp3) is 0.214. The first-order valence-corrected chi connectivity index (χ1v) is 5.24. The average molecular weight is 197 g/mol. The molecule has 1 aromatic carbocycles. The topological polar surface area (TPSA) is 12.9 Å². The van der Waals surface area contributed by atoms with Crippen LogP contribution in [0.2, 0.25) is 0 Å². The summed E-state index contributed by atoms with van der Waals surface area (Å²) in [5.41, 5.74) is 3.91. The zero-order chi connectivity index (χ0) is 10.7. The summed E-state index contributed by atoms with van der Waals surface area (Å²) in [5, 5.41) is 0. The number of aryl methyl sites for hydroxylation is 1. The monoisotopic (exact) mass is 197 g/mol. The molecule has 0 amide bonds. The van der Waals surface area contributed by atoms with Gasteiger partial charge in [0.05, 0.1) is 0 Å². The minimum atomic E-state index is 0.416. The second-order valence-corrected chi connectivity index (χ2v) is 3.92. The summed E-state index contributed by atoms with van der Waals surface area (Å²) in [4.78, 5) is 4.15. The van der Waals surface area contributed by atoms with E-state index < -0.39 is 0 Å². The van der Waals surface area contributed by atoms with Crippen molar-refractivity contribution in [3.05, 3.63) is 65.5 Å². The minimum absolute atomic E-state index is 0.416. The molecule has 1 atom stereocenters. The van der Waals surface area contributed by atoms with Crippen molar-refractivity contribution < 1.29 is 0 Å². The molecule has 0 N–H and O–H groups in total. The smallest absolute Gasteiger partial charge is 0.0305 e. The van der Waals surface area contributed by atoms with Crippen molar-refractivity contribution in [3.63, 3.8) is 0 Å². The zero-order valence-corrected chi connectivity index (χ0v) is 9.14. The van der Waals surface area contributed by atoms with Crippen LogP contribution in [0.3, 0.4) is 0 Å². The molecule has 15 heavy (non-hydrogen) atoms. The van der Waals surface area contributed by atoms with Crippen molar-refractivity contribution in [1.29, 1.82) is 0 Å². The van der Waals surface area contributed by atoms with Gasteiger partial charge in [-0.15, -0.1) is 0 Å². The largest absolute Gasteiger partial charge is 0.264 e. The lowest BCUT2D eigenvalue weighted by Gasteiger charge is -2.11. The molecule has 76 valence electrons. The van der Waals surface area contributed by atoms with Crippen LogP contribution in [0.15, 0.2) is 48.8 Å². The molecule has 0 aliphatic heterocycles. The van der Waals surface area contributed by atoms with E-state index in [4.69, 9.17) is 0 Å². The maximum Gasteiger partial charge on any atom is 0.0305 e. The van der Waals surface area contributed by atoms with Crippen molar-refractivity contribution >= 4 is 0 Å². The van der Waals surface area contributed by atoms with E-state index in [-0.39, 0.29) is 0 Å². The standard InChI is InChI=1S/C14H15N/c1-11-5-7-13(8-6-11)12(2)14-4-3-9-15-10-14/h3-10,12H,1-2H3. The first kappa shape index (κ1) is 9.91. The molecule has 1 aromatic heterocycles. The van der Waals surface area contributed by atoms with E-state index >= 15 is 0 Å². The van der Waals surface area contributed by atoms with Gasteiger partial charge in [-0.05, 0) is 24.1 Å². The molecule has 1 heteroatoms. The Balaban J connectivity index is 2.29. The van der Waals surface area contributed by atoms with E-state index in [0.717, 1.165) is 0 Å². The second kappa shape index (κ2) is 4.26. The normalized spacial score (nSPS) is 12.4. The molecule has 0 bridgehead atoms. The molecule has 2 rings (SSSR count). The van der Waals surface area contributed by atoms with Gasteiger partial charge in [0.25, 0.3) is 0 Å². The summed E-state index contributed by atoms with van der Waals surface area (Å²) >= 11 is 0. The van der Waals surface area contributed by atoms with Crippen molar-refractivity contribution in [2.75, 3.05) is 0 Å². The molecule has 0 saturated carbocycles. The van der Waals surface area contributed by atoms with Gasteiger partial charge in [0.15, 0.2) is 0 Å². The Morgan fingerprint density at radius 3 is 2.33 bits per heavy atom. The highest BCUT2D eigenvalue weighted by Crippen LogP contribution is 2.23. The van der Waals surface area contributed by atoms with Crippen LogP contribution in [0.5, 0.6) is 0 Å². The molecule has 2 aromatic rings.